The van der Waals surface area contributed by atoms with Gasteiger partial charge in [0.15, 0.2) is 0 Å². The first-order chi connectivity index (χ1) is 9.34. The zero-order valence-electron chi connectivity index (χ0n) is 11.0. The number of benzene rings is 2. The average molecular weight is 253 g/mol. The highest BCUT2D eigenvalue weighted by molar-refractivity contribution is 5.76. The Morgan fingerprint density at radius 2 is 1.32 bits per heavy atom. The molecule has 2 nitrogen and oxygen atoms in total. The number of hydrogen-bond donors (Lipinski definition) is 1. The first kappa shape index (κ1) is 13.3. The van der Waals surface area contributed by atoms with Crippen LogP contribution in [0.3, 0.4) is 0 Å². The molecule has 1 N–H and O–H groups in total. The zero-order valence-corrected chi connectivity index (χ0v) is 11.0. The monoisotopic (exact) mass is 253 g/mol. The van der Waals surface area contributed by atoms with E-state index in [0.29, 0.717) is 13.0 Å². The van der Waals surface area contributed by atoms with Crippen LogP contribution in [-0.2, 0) is 17.6 Å². The highest BCUT2D eigenvalue weighted by Crippen LogP contribution is 2.02. The van der Waals surface area contributed by atoms with E-state index in [1.807, 2.05) is 36.4 Å². The molecule has 19 heavy (non-hydrogen) atoms. The minimum Gasteiger partial charge on any atom is -0.356 e. The number of carbonyl (C=O) groups excluding carboxylic acids is 1. The van der Waals surface area contributed by atoms with Crippen molar-refractivity contribution < 1.29 is 4.79 Å². The first-order valence-electron chi connectivity index (χ1n) is 6.69. The summed E-state index contributed by atoms with van der Waals surface area (Å²) in [4.78, 5) is 11.7. The Morgan fingerprint density at radius 1 is 0.789 bits per heavy atom. The number of rotatable bonds is 6. The normalized spacial score (nSPS) is 10.1. The van der Waals surface area contributed by atoms with Gasteiger partial charge < -0.3 is 5.32 Å². The number of aryl methyl sites for hydroxylation is 1. The Hall–Kier alpha value is -2.09. The molecule has 0 radical (unpaired) electrons. The highest BCUT2D eigenvalue weighted by atomic mass is 16.1. The molecule has 0 heterocycles. The topological polar surface area (TPSA) is 29.1 Å². The van der Waals surface area contributed by atoms with E-state index in [1.165, 1.54) is 11.1 Å². The predicted molar refractivity (Wildman–Crippen MR) is 77.9 cm³/mol. The van der Waals surface area contributed by atoms with Crippen LogP contribution in [0.1, 0.15) is 17.5 Å². The number of carbonyl (C=O) groups is 1. The van der Waals surface area contributed by atoms with Gasteiger partial charge in [-0.15, -0.1) is 0 Å². The average Bonchev–Trinajstić information content (AvgIpc) is 2.47. The maximum Gasteiger partial charge on any atom is 0.220 e. The lowest BCUT2D eigenvalue weighted by molar-refractivity contribution is -0.121. The number of nitrogens with one attached hydrogen (secondary N) is 1. The third kappa shape index (κ3) is 4.96. The molecule has 2 aromatic carbocycles. The minimum atomic E-state index is 0.125. The van der Waals surface area contributed by atoms with Crippen molar-refractivity contribution in [1.82, 2.24) is 5.32 Å². The van der Waals surface area contributed by atoms with Gasteiger partial charge in [0.2, 0.25) is 5.91 Å². The van der Waals surface area contributed by atoms with E-state index >= 15 is 0 Å². The second-order valence-electron chi connectivity index (χ2n) is 4.57. The lowest BCUT2D eigenvalue weighted by Gasteiger charge is -2.05. The molecule has 2 aromatic rings. The van der Waals surface area contributed by atoms with Crippen molar-refractivity contribution in [2.24, 2.45) is 0 Å². The predicted octanol–water partition coefficient (Wildman–Crippen LogP) is 2.98. The van der Waals surface area contributed by atoms with Gasteiger partial charge >= 0.3 is 0 Å². The van der Waals surface area contributed by atoms with Gasteiger partial charge in [0.1, 0.15) is 0 Å². The summed E-state index contributed by atoms with van der Waals surface area (Å²) in [6, 6.07) is 20.3. The molecular weight excluding hydrogens is 234 g/mol. The van der Waals surface area contributed by atoms with Gasteiger partial charge in [0.05, 0.1) is 0 Å². The molecule has 0 spiro atoms. The molecule has 1 amide bonds. The van der Waals surface area contributed by atoms with E-state index in [-0.39, 0.29) is 5.91 Å². The lowest BCUT2D eigenvalue weighted by Crippen LogP contribution is -2.25. The van der Waals surface area contributed by atoms with E-state index < -0.39 is 0 Å². The molecule has 0 aliphatic rings. The molecule has 0 atom stereocenters. The van der Waals surface area contributed by atoms with Crippen LogP contribution in [0.25, 0.3) is 0 Å². The van der Waals surface area contributed by atoms with Crippen molar-refractivity contribution in [3.63, 3.8) is 0 Å². The van der Waals surface area contributed by atoms with Gasteiger partial charge in [-0.2, -0.15) is 0 Å². The maximum absolute atomic E-state index is 11.7. The van der Waals surface area contributed by atoms with Crippen molar-refractivity contribution in [1.29, 1.82) is 0 Å². The summed E-state index contributed by atoms with van der Waals surface area (Å²) in [6.07, 6.45) is 2.24. The summed E-state index contributed by atoms with van der Waals surface area (Å²) < 4.78 is 0. The molecule has 0 aliphatic carbocycles. The lowest BCUT2D eigenvalue weighted by atomic mass is 10.1. The minimum absolute atomic E-state index is 0.125. The van der Waals surface area contributed by atoms with Gasteiger partial charge in [0, 0.05) is 13.0 Å². The van der Waals surface area contributed by atoms with Crippen molar-refractivity contribution >= 4 is 5.91 Å². The third-order valence-electron chi connectivity index (χ3n) is 3.06. The van der Waals surface area contributed by atoms with E-state index in [0.717, 1.165) is 12.8 Å². The number of amides is 1. The molecule has 2 rings (SSSR count). The largest absolute Gasteiger partial charge is 0.356 e. The van der Waals surface area contributed by atoms with E-state index in [2.05, 4.69) is 29.6 Å². The maximum atomic E-state index is 11.7. The van der Waals surface area contributed by atoms with Gasteiger partial charge in [0.25, 0.3) is 0 Å². The molecular formula is C17H19NO. The quantitative estimate of drug-likeness (QED) is 0.842. The van der Waals surface area contributed by atoms with Crippen LogP contribution in [0.4, 0.5) is 0 Å². The molecule has 0 saturated heterocycles. The van der Waals surface area contributed by atoms with Crippen LogP contribution in [0.15, 0.2) is 60.7 Å². The van der Waals surface area contributed by atoms with Crippen LogP contribution in [0.5, 0.6) is 0 Å². The summed E-state index contributed by atoms with van der Waals surface area (Å²) >= 11 is 0. The standard InChI is InChI=1S/C17H19NO/c19-17(12-11-15-7-3-1-4-8-15)18-14-13-16-9-5-2-6-10-16/h1-10H,11-14H2,(H,18,19). The molecule has 0 unspecified atom stereocenters. The highest BCUT2D eigenvalue weighted by Gasteiger charge is 2.01. The van der Waals surface area contributed by atoms with Crippen molar-refractivity contribution in [3.8, 4) is 0 Å². The summed E-state index contributed by atoms with van der Waals surface area (Å²) in [6.45, 7) is 0.706. The Bertz CT molecular complexity index is 493. The Balaban J connectivity index is 1.65. The Labute approximate surface area is 114 Å². The van der Waals surface area contributed by atoms with Gasteiger partial charge in [-0.25, -0.2) is 0 Å². The van der Waals surface area contributed by atoms with Gasteiger partial charge in [-0.3, -0.25) is 4.79 Å². The van der Waals surface area contributed by atoms with E-state index in [1.54, 1.807) is 0 Å². The first-order valence-corrected chi connectivity index (χ1v) is 6.69. The summed E-state index contributed by atoms with van der Waals surface area (Å²) in [7, 11) is 0. The second kappa shape index (κ2) is 7.37. The van der Waals surface area contributed by atoms with Crippen LogP contribution in [0, 0.1) is 0 Å². The summed E-state index contributed by atoms with van der Waals surface area (Å²) in [5, 5.41) is 2.96. The fraction of sp³-hybridized carbons (Fsp3) is 0.235. The van der Waals surface area contributed by atoms with Crippen LogP contribution >= 0.6 is 0 Å². The van der Waals surface area contributed by atoms with Crippen LogP contribution < -0.4 is 5.32 Å². The van der Waals surface area contributed by atoms with E-state index in [4.69, 9.17) is 0 Å². The number of hydrogen-bond acceptors (Lipinski definition) is 1. The molecule has 2 heteroatoms. The summed E-state index contributed by atoms with van der Waals surface area (Å²) in [5.41, 5.74) is 2.46. The van der Waals surface area contributed by atoms with Crippen molar-refractivity contribution in [2.45, 2.75) is 19.3 Å². The third-order valence-corrected chi connectivity index (χ3v) is 3.06. The van der Waals surface area contributed by atoms with Crippen molar-refractivity contribution in [3.05, 3.63) is 71.8 Å². The summed E-state index contributed by atoms with van der Waals surface area (Å²) in [5.74, 6) is 0.125. The molecule has 0 bridgehead atoms. The van der Waals surface area contributed by atoms with E-state index in [9.17, 15) is 4.79 Å². The molecule has 0 fully saturated rings. The van der Waals surface area contributed by atoms with Crippen molar-refractivity contribution in [2.75, 3.05) is 6.54 Å². The molecule has 0 saturated carbocycles. The Kier molecular flexibility index (Phi) is 5.17. The van der Waals surface area contributed by atoms with Gasteiger partial charge in [-0.05, 0) is 24.0 Å². The smallest absolute Gasteiger partial charge is 0.220 e. The fourth-order valence-corrected chi connectivity index (χ4v) is 1.98. The Morgan fingerprint density at radius 3 is 1.89 bits per heavy atom. The van der Waals surface area contributed by atoms with Crippen LogP contribution in [-0.4, -0.2) is 12.5 Å². The van der Waals surface area contributed by atoms with Crippen LogP contribution in [0.2, 0.25) is 0 Å². The SMILES string of the molecule is O=C(CCc1ccccc1)NCCc1ccccc1. The zero-order chi connectivity index (χ0) is 13.3. The van der Waals surface area contributed by atoms with Gasteiger partial charge in [-0.1, -0.05) is 60.7 Å². The molecule has 0 aliphatic heterocycles. The fourth-order valence-electron chi connectivity index (χ4n) is 1.98. The second-order valence-corrected chi connectivity index (χ2v) is 4.57. The molecule has 0 aromatic heterocycles. The molecule has 98 valence electrons.